The van der Waals surface area contributed by atoms with Crippen molar-refractivity contribution in [2.24, 2.45) is 0 Å². The second kappa shape index (κ2) is 7.36. The molecule has 2 N–H and O–H groups in total. The zero-order chi connectivity index (χ0) is 17.8. The molecular weight excluding hydrogens is 332 g/mol. The molecule has 0 aliphatic heterocycles. The molecule has 3 aromatic rings. The predicted molar refractivity (Wildman–Crippen MR) is 105 cm³/mol. The molecular formula is C19H20N4OS. The third kappa shape index (κ3) is 4.16. The van der Waals surface area contributed by atoms with Gasteiger partial charge < -0.3 is 15.5 Å². The van der Waals surface area contributed by atoms with Crippen LogP contribution in [-0.2, 0) is 0 Å². The van der Waals surface area contributed by atoms with Gasteiger partial charge in [0.1, 0.15) is 0 Å². The SMILES string of the molecule is Cc1ccccc1Nc1nc(-c2cccc(NC(=O)N(C)C)c2)cs1. The van der Waals surface area contributed by atoms with Crippen LogP contribution < -0.4 is 10.6 Å². The van der Waals surface area contributed by atoms with Crippen molar-refractivity contribution in [3.63, 3.8) is 0 Å². The first-order valence-corrected chi connectivity index (χ1v) is 8.78. The second-order valence-electron chi connectivity index (χ2n) is 5.88. The fourth-order valence-electron chi connectivity index (χ4n) is 2.28. The summed E-state index contributed by atoms with van der Waals surface area (Å²) in [5.41, 5.74) is 4.81. The lowest BCUT2D eigenvalue weighted by molar-refractivity contribution is 0.230. The van der Waals surface area contributed by atoms with Gasteiger partial charge in [0.15, 0.2) is 5.13 Å². The van der Waals surface area contributed by atoms with Gasteiger partial charge in [0.25, 0.3) is 0 Å². The maximum Gasteiger partial charge on any atom is 0.321 e. The van der Waals surface area contributed by atoms with Crippen LogP contribution in [-0.4, -0.2) is 30.0 Å². The summed E-state index contributed by atoms with van der Waals surface area (Å²) in [7, 11) is 3.42. The van der Waals surface area contributed by atoms with Gasteiger partial charge >= 0.3 is 6.03 Å². The number of anilines is 3. The van der Waals surface area contributed by atoms with Crippen LogP contribution in [0.5, 0.6) is 0 Å². The van der Waals surface area contributed by atoms with E-state index in [1.165, 1.54) is 10.5 Å². The van der Waals surface area contributed by atoms with E-state index >= 15 is 0 Å². The first kappa shape index (κ1) is 17.0. The number of urea groups is 1. The Morgan fingerprint density at radius 3 is 2.68 bits per heavy atom. The number of rotatable bonds is 4. The first-order chi connectivity index (χ1) is 12.0. The Labute approximate surface area is 151 Å². The monoisotopic (exact) mass is 352 g/mol. The number of benzene rings is 2. The van der Waals surface area contributed by atoms with Gasteiger partial charge in [-0.3, -0.25) is 0 Å². The number of amides is 2. The average molecular weight is 352 g/mol. The number of thiazole rings is 1. The van der Waals surface area contributed by atoms with Crippen molar-refractivity contribution in [1.82, 2.24) is 9.88 Å². The molecule has 0 spiro atoms. The molecule has 0 aliphatic rings. The Kier molecular flexibility index (Phi) is 5.00. The molecule has 3 rings (SSSR count). The number of carbonyl (C=O) groups is 1. The Bertz CT molecular complexity index is 888. The maximum absolute atomic E-state index is 11.8. The second-order valence-corrected chi connectivity index (χ2v) is 6.74. The van der Waals surface area contributed by atoms with Crippen LogP contribution in [0.2, 0.25) is 0 Å². The van der Waals surface area contributed by atoms with E-state index in [4.69, 9.17) is 0 Å². The van der Waals surface area contributed by atoms with Crippen LogP contribution in [0.15, 0.2) is 53.9 Å². The fraction of sp³-hybridized carbons (Fsp3) is 0.158. The van der Waals surface area contributed by atoms with E-state index in [-0.39, 0.29) is 6.03 Å². The molecule has 0 saturated carbocycles. The quantitative estimate of drug-likeness (QED) is 0.698. The van der Waals surface area contributed by atoms with Crippen molar-refractivity contribution in [3.8, 4) is 11.3 Å². The van der Waals surface area contributed by atoms with E-state index in [0.29, 0.717) is 0 Å². The van der Waals surface area contributed by atoms with Gasteiger partial charge in [0.05, 0.1) is 5.69 Å². The Balaban J connectivity index is 1.78. The number of para-hydroxylation sites is 1. The highest BCUT2D eigenvalue weighted by atomic mass is 32.1. The van der Waals surface area contributed by atoms with Gasteiger partial charge in [0.2, 0.25) is 0 Å². The van der Waals surface area contributed by atoms with Crippen molar-refractivity contribution in [1.29, 1.82) is 0 Å². The van der Waals surface area contributed by atoms with Crippen LogP contribution >= 0.6 is 11.3 Å². The molecule has 128 valence electrons. The van der Waals surface area contributed by atoms with E-state index in [1.54, 1.807) is 25.4 Å². The van der Waals surface area contributed by atoms with E-state index in [2.05, 4.69) is 28.6 Å². The highest BCUT2D eigenvalue weighted by Gasteiger charge is 2.08. The molecule has 1 heterocycles. The summed E-state index contributed by atoms with van der Waals surface area (Å²) in [5, 5.41) is 9.05. The molecule has 0 aliphatic carbocycles. The van der Waals surface area contributed by atoms with E-state index in [0.717, 1.165) is 27.8 Å². The van der Waals surface area contributed by atoms with Crippen molar-refractivity contribution >= 4 is 33.9 Å². The van der Waals surface area contributed by atoms with E-state index in [9.17, 15) is 4.79 Å². The lowest BCUT2D eigenvalue weighted by Gasteiger charge is -2.12. The Morgan fingerprint density at radius 1 is 1.12 bits per heavy atom. The number of nitrogens with one attached hydrogen (secondary N) is 2. The number of hydrogen-bond acceptors (Lipinski definition) is 4. The van der Waals surface area contributed by atoms with Crippen LogP contribution in [0.4, 0.5) is 21.3 Å². The van der Waals surface area contributed by atoms with Crippen molar-refractivity contribution in [3.05, 3.63) is 59.5 Å². The number of aromatic nitrogens is 1. The summed E-state index contributed by atoms with van der Waals surface area (Å²) in [6.07, 6.45) is 0. The van der Waals surface area contributed by atoms with Crippen LogP contribution in [0, 0.1) is 6.92 Å². The minimum Gasteiger partial charge on any atom is -0.331 e. The molecule has 1 aromatic heterocycles. The highest BCUT2D eigenvalue weighted by Crippen LogP contribution is 2.29. The number of nitrogens with zero attached hydrogens (tertiary/aromatic N) is 2. The Morgan fingerprint density at radius 2 is 1.92 bits per heavy atom. The summed E-state index contributed by atoms with van der Waals surface area (Å²) < 4.78 is 0. The first-order valence-electron chi connectivity index (χ1n) is 7.90. The van der Waals surface area contributed by atoms with Crippen molar-refractivity contribution in [2.45, 2.75) is 6.92 Å². The summed E-state index contributed by atoms with van der Waals surface area (Å²) in [4.78, 5) is 17.9. The molecule has 2 aromatic carbocycles. The zero-order valence-corrected chi connectivity index (χ0v) is 15.2. The van der Waals surface area contributed by atoms with E-state index in [1.807, 2.05) is 47.8 Å². The molecule has 25 heavy (non-hydrogen) atoms. The smallest absolute Gasteiger partial charge is 0.321 e. The molecule has 0 bridgehead atoms. The fourth-order valence-corrected chi connectivity index (χ4v) is 3.02. The van der Waals surface area contributed by atoms with Crippen LogP contribution in [0.25, 0.3) is 11.3 Å². The lowest BCUT2D eigenvalue weighted by atomic mass is 10.1. The minimum absolute atomic E-state index is 0.155. The summed E-state index contributed by atoms with van der Waals surface area (Å²) >= 11 is 1.55. The largest absolute Gasteiger partial charge is 0.331 e. The van der Waals surface area contributed by atoms with Crippen LogP contribution in [0.1, 0.15) is 5.56 Å². The number of carbonyl (C=O) groups excluding carboxylic acids is 1. The van der Waals surface area contributed by atoms with Gasteiger partial charge in [0, 0.05) is 36.4 Å². The minimum atomic E-state index is -0.155. The predicted octanol–water partition coefficient (Wildman–Crippen LogP) is 4.96. The van der Waals surface area contributed by atoms with Gasteiger partial charge in [-0.1, -0.05) is 30.3 Å². The number of hydrogen-bond donors (Lipinski definition) is 2. The molecule has 0 radical (unpaired) electrons. The lowest BCUT2D eigenvalue weighted by Crippen LogP contribution is -2.27. The van der Waals surface area contributed by atoms with E-state index < -0.39 is 0 Å². The summed E-state index contributed by atoms with van der Waals surface area (Å²) in [6.45, 7) is 2.06. The molecule has 0 atom stereocenters. The van der Waals surface area contributed by atoms with Crippen LogP contribution in [0.3, 0.4) is 0 Å². The average Bonchev–Trinajstić information content (AvgIpc) is 3.06. The topological polar surface area (TPSA) is 57.3 Å². The maximum atomic E-state index is 11.8. The molecule has 0 unspecified atom stereocenters. The molecule has 0 fully saturated rings. The van der Waals surface area contributed by atoms with Crippen molar-refractivity contribution in [2.75, 3.05) is 24.7 Å². The number of aryl methyl sites for hydroxylation is 1. The Hall–Kier alpha value is -2.86. The van der Waals surface area contributed by atoms with Crippen molar-refractivity contribution < 1.29 is 4.79 Å². The van der Waals surface area contributed by atoms with Gasteiger partial charge in [-0.2, -0.15) is 0 Å². The standard InChI is InChI=1S/C19H20N4OS/c1-13-7-4-5-10-16(13)21-18-22-17(12-25-18)14-8-6-9-15(11-14)20-19(24)23(2)3/h4-12H,1-3H3,(H,20,24)(H,21,22). The summed E-state index contributed by atoms with van der Waals surface area (Å²) in [5.74, 6) is 0. The normalized spacial score (nSPS) is 10.4. The third-order valence-corrected chi connectivity index (χ3v) is 4.46. The molecule has 0 saturated heterocycles. The zero-order valence-electron chi connectivity index (χ0n) is 14.4. The highest BCUT2D eigenvalue weighted by molar-refractivity contribution is 7.14. The molecule has 2 amide bonds. The molecule has 5 nitrogen and oxygen atoms in total. The molecule has 6 heteroatoms. The third-order valence-electron chi connectivity index (χ3n) is 3.71. The van der Waals surface area contributed by atoms with Gasteiger partial charge in [-0.15, -0.1) is 11.3 Å². The summed E-state index contributed by atoms with van der Waals surface area (Å²) in [6, 6.07) is 15.6. The van der Waals surface area contributed by atoms with Gasteiger partial charge in [-0.25, -0.2) is 9.78 Å². The van der Waals surface area contributed by atoms with Gasteiger partial charge in [-0.05, 0) is 30.7 Å².